The summed E-state index contributed by atoms with van der Waals surface area (Å²) in [7, 11) is 0. The van der Waals surface area contributed by atoms with Gasteiger partial charge in [-0.3, -0.25) is 4.79 Å². The van der Waals surface area contributed by atoms with Crippen molar-refractivity contribution in [3.8, 4) is 0 Å². The number of aromatic amines is 2. The van der Waals surface area contributed by atoms with Crippen LogP contribution in [0.15, 0.2) is 23.0 Å². The van der Waals surface area contributed by atoms with Crippen molar-refractivity contribution >= 4 is 28.6 Å². The van der Waals surface area contributed by atoms with Crippen molar-refractivity contribution in [2.75, 3.05) is 11.9 Å². The lowest BCUT2D eigenvalue weighted by Gasteiger charge is -2.04. The van der Waals surface area contributed by atoms with Crippen molar-refractivity contribution in [2.24, 2.45) is 0 Å². The number of fused-ring (bicyclic) bond motifs is 1. The number of carbonyl (C=O) groups excluding carboxylic acids is 2. The first-order valence-corrected chi connectivity index (χ1v) is 5.30. The van der Waals surface area contributed by atoms with Crippen molar-refractivity contribution in [1.29, 1.82) is 0 Å². The van der Waals surface area contributed by atoms with Crippen molar-refractivity contribution in [1.82, 2.24) is 9.97 Å². The molecule has 94 valence electrons. The molecule has 0 saturated carbocycles. The molecule has 7 nitrogen and oxygen atoms in total. The number of H-pyrrole nitrogens is 2. The van der Waals surface area contributed by atoms with Gasteiger partial charge in [0.25, 0.3) is 0 Å². The Morgan fingerprint density at radius 1 is 1.28 bits per heavy atom. The number of aromatic nitrogens is 2. The van der Waals surface area contributed by atoms with Crippen LogP contribution in [0.25, 0.3) is 11.0 Å². The Kier molecular flexibility index (Phi) is 3.13. The highest BCUT2D eigenvalue weighted by Crippen LogP contribution is 2.14. The minimum absolute atomic E-state index is 0.135. The minimum atomic E-state index is -0.944. The summed E-state index contributed by atoms with van der Waals surface area (Å²) in [5.41, 5.74) is 1.23. The Balaban J connectivity index is 2.19. The maximum atomic E-state index is 11.4. The molecule has 2 aromatic rings. The average Bonchev–Trinajstić information content (AvgIpc) is 2.68. The Labute approximate surface area is 101 Å². The van der Waals surface area contributed by atoms with Crippen LogP contribution in [0.3, 0.4) is 0 Å². The zero-order valence-electron chi connectivity index (χ0n) is 9.57. The molecule has 0 bridgehead atoms. The predicted molar refractivity (Wildman–Crippen MR) is 64.2 cm³/mol. The minimum Gasteiger partial charge on any atom is -0.459 e. The van der Waals surface area contributed by atoms with E-state index in [0.29, 0.717) is 16.7 Å². The van der Waals surface area contributed by atoms with E-state index in [1.807, 2.05) is 0 Å². The number of hydrogen-bond donors (Lipinski definition) is 3. The van der Waals surface area contributed by atoms with E-state index in [9.17, 15) is 14.4 Å². The first-order valence-electron chi connectivity index (χ1n) is 5.30. The van der Waals surface area contributed by atoms with Crippen molar-refractivity contribution < 1.29 is 14.3 Å². The molecule has 1 heterocycles. The van der Waals surface area contributed by atoms with Gasteiger partial charge in [0.2, 0.25) is 0 Å². The largest absolute Gasteiger partial charge is 0.459 e. The molecule has 0 atom stereocenters. The zero-order valence-corrected chi connectivity index (χ0v) is 9.57. The molecule has 7 heteroatoms. The van der Waals surface area contributed by atoms with Gasteiger partial charge in [-0.15, -0.1) is 0 Å². The lowest BCUT2D eigenvalue weighted by atomic mass is 10.3. The maximum absolute atomic E-state index is 11.4. The van der Waals surface area contributed by atoms with E-state index < -0.39 is 11.9 Å². The Morgan fingerprint density at radius 3 is 2.72 bits per heavy atom. The molecule has 18 heavy (non-hydrogen) atoms. The van der Waals surface area contributed by atoms with Crippen molar-refractivity contribution in [3.63, 3.8) is 0 Å². The van der Waals surface area contributed by atoms with Crippen LogP contribution in [0, 0.1) is 0 Å². The summed E-state index contributed by atoms with van der Waals surface area (Å²) < 4.78 is 4.55. The molecule has 0 unspecified atom stereocenters. The molecule has 0 aliphatic rings. The molecular weight excluding hydrogens is 238 g/mol. The van der Waals surface area contributed by atoms with Gasteiger partial charge >= 0.3 is 17.6 Å². The molecule has 0 saturated heterocycles. The van der Waals surface area contributed by atoms with E-state index in [0.717, 1.165) is 0 Å². The normalized spacial score (nSPS) is 10.3. The lowest BCUT2D eigenvalue weighted by molar-refractivity contribution is -0.152. The molecule has 1 aromatic carbocycles. The van der Waals surface area contributed by atoms with Gasteiger partial charge in [0.1, 0.15) is 0 Å². The molecule has 1 amide bonds. The Morgan fingerprint density at radius 2 is 2.00 bits per heavy atom. The number of benzene rings is 1. The van der Waals surface area contributed by atoms with Gasteiger partial charge in [0.05, 0.1) is 17.6 Å². The van der Waals surface area contributed by atoms with Crippen molar-refractivity contribution in [3.05, 3.63) is 28.7 Å². The molecule has 1 aromatic heterocycles. The standard InChI is InChI=1S/C11H11N3O4/c1-2-18-10(16)9(15)12-6-3-4-7-8(5-6)14-11(17)13-7/h3-5H,2H2,1H3,(H,12,15)(H2,13,14,17). The van der Waals surface area contributed by atoms with Gasteiger partial charge in [-0.1, -0.05) is 0 Å². The zero-order chi connectivity index (χ0) is 13.1. The second kappa shape index (κ2) is 4.74. The SMILES string of the molecule is CCOC(=O)C(=O)Nc1ccc2[nH]c(=O)[nH]c2c1. The summed E-state index contributed by atoms with van der Waals surface area (Å²) >= 11 is 0. The van der Waals surface area contributed by atoms with Crippen LogP contribution in [0.1, 0.15) is 6.92 Å². The van der Waals surface area contributed by atoms with E-state index in [-0.39, 0.29) is 12.3 Å². The topological polar surface area (TPSA) is 104 Å². The third-order valence-corrected chi connectivity index (χ3v) is 2.23. The van der Waals surface area contributed by atoms with Gasteiger partial charge < -0.3 is 20.0 Å². The van der Waals surface area contributed by atoms with Crippen LogP contribution in [-0.2, 0) is 14.3 Å². The first kappa shape index (κ1) is 11.9. The van der Waals surface area contributed by atoms with E-state index in [4.69, 9.17) is 0 Å². The second-order valence-corrected chi connectivity index (χ2v) is 3.51. The number of rotatable bonds is 2. The van der Waals surface area contributed by atoms with E-state index in [1.54, 1.807) is 25.1 Å². The fourth-order valence-electron chi connectivity index (χ4n) is 1.49. The second-order valence-electron chi connectivity index (χ2n) is 3.51. The van der Waals surface area contributed by atoms with Gasteiger partial charge in [-0.05, 0) is 25.1 Å². The monoisotopic (exact) mass is 249 g/mol. The van der Waals surface area contributed by atoms with E-state index >= 15 is 0 Å². The summed E-state index contributed by atoms with van der Waals surface area (Å²) in [5, 5.41) is 2.38. The number of amides is 1. The molecule has 2 rings (SSSR count). The number of imidazole rings is 1. The highest BCUT2D eigenvalue weighted by Gasteiger charge is 2.14. The highest BCUT2D eigenvalue weighted by molar-refractivity contribution is 6.37. The third kappa shape index (κ3) is 2.40. The summed E-state index contributed by atoms with van der Waals surface area (Å²) in [5.74, 6) is -1.80. The van der Waals surface area contributed by atoms with Crippen LogP contribution in [0.4, 0.5) is 5.69 Å². The van der Waals surface area contributed by atoms with Crippen molar-refractivity contribution in [2.45, 2.75) is 6.92 Å². The predicted octanol–water partition coefficient (Wildman–Crippen LogP) is 0.358. The molecule has 3 N–H and O–H groups in total. The summed E-state index contributed by atoms with van der Waals surface area (Å²) in [6, 6.07) is 4.74. The van der Waals surface area contributed by atoms with E-state index in [1.165, 1.54) is 0 Å². The molecule has 0 fully saturated rings. The molecule has 0 aliphatic heterocycles. The molecule has 0 aliphatic carbocycles. The number of anilines is 1. The third-order valence-electron chi connectivity index (χ3n) is 2.23. The average molecular weight is 249 g/mol. The van der Waals surface area contributed by atoms with Crippen LogP contribution in [0.2, 0.25) is 0 Å². The summed E-state index contributed by atoms with van der Waals surface area (Å²) in [4.78, 5) is 38.7. The molecule has 0 spiro atoms. The smallest absolute Gasteiger partial charge is 0.397 e. The number of esters is 1. The summed E-state index contributed by atoms with van der Waals surface area (Å²) in [6.45, 7) is 1.75. The van der Waals surface area contributed by atoms with Crippen LogP contribution in [0.5, 0.6) is 0 Å². The van der Waals surface area contributed by atoms with Crippen LogP contribution >= 0.6 is 0 Å². The number of ether oxygens (including phenoxy) is 1. The first-order chi connectivity index (χ1) is 8.60. The van der Waals surface area contributed by atoms with Gasteiger partial charge in [0, 0.05) is 5.69 Å². The number of hydrogen-bond acceptors (Lipinski definition) is 4. The number of carbonyl (C=O) groups is 2. The maximum Gasteiger partial charge on any atom is 0.397 e. The highest BCUT2D eigenvalue weighted by atomic mass is 16.5. The fraction of sp³-hybridized carbons (Fsp3) is 0.182. The van der Waals surface area contributed by atoms with Crippen LogP contribution in [-0.4, -0.2) is 28.5 Å². The fourth-order valence-corrected chi connectivity index (χ4v) is 1.49. The Bertz CT molecular complexity index is 656. The lowest BCUT2D eigenvalue weighted by Crippen LogP contribution is -2.24. The van der Waals surface area contributed by atoms with Gasteiger partial charge in [0.15, 0.2) is 0 Å². The van der Waals surface area contributed by atoms with E-state index in [2.05, 4.69) is 20.0 Å². The van der Waals surface area contributed by atoms with Gasteiger partial charge in [-0.25, -0.2) is 9.59 Å². The van der Waals surface area contributed by atoms with Crippen LogP contribution < -0.4 is 11.0 Å². The summed E-state index contributed by atoms with van der Waals surface area (Å²) in [6.07, 6.45) is 0. The number of nitrogens with one attached hydrogen (secondary N) is 3. The quantitative estimate of drug-likeness (QED) is 0.528. The van der Waals surface area contributed by atoms with Gasteiger partial charge in [-0.2, -0.15) is 0 Å². The molecule has 0 radical (unpaired) electrons. The molecular formula is C11H11N3O4. The Hall–Kier alpha value is -2.57.